The average molecular weight is 451 g/mol. The van der Waals surface area contributed by atoms with Crippen LogP contribution in [0.4, 0.5) is 0 Å². The van der Waals surface area contributed by atoms with E-state index in [1.165, 1.54) is 101 Å². The van der Waals surface area contributed by atoms with E-state index in [0.717, 1.165) is 11.8 Å². The summed E-state index contributed by atoms with van der Waals surface area (Å²) in [5, 5.41) is 17.1. The maximum absolute atomic E-state index is 10.5. The Morgan fingerprint density at radius 1 is 0.625 bits per heavy atom. The molecule has 0 aliphatic heterocycles. The molecule has 0 aliphatic rings. The molecule has 0 bridgehead atoms. The lowest BCUT2D eigenvalue weighted by Crippen LogP contribution is -2.06. The van der Waals surface area contributed by atoms with E-state index in [0.29, 0.717) is 0 Å². The third-order valence-electron chi connectivity index (χ3n) is 5.55. The van der Waals surface area contributed by atoms with Crippen molar-refractivity contribution < 1.29 is 19.8 Å². The van der Waals surface area contributed by atoms with Crippen molar-refractivity contribution in [1.82, 2.24) is 0 Å². The molecule has 0 aliphatic carbocycles. The van der Waals surface area contributed by atoms with Gasteiger partial charge < -0.3 is 10.2 Å². The number of rotatable bonds is 14. The summed E-state index contributed by atoms with van der Waals surface area (Å²) < 4.78 is 0. The lowest BCUT2D eigenvalue weighted by Gasteiger charge is -2.07. The third-order valence-corrected chi connectivity index (χ3v) is 5.55. The Labute approximate surface area is 197 Å². The lowest BCUT2D eigenvalue weighted by molar-refractivity contribution is 0.0651. The van der Waals surface area contributed by atoms with Crippen molar-refractivity contribution in [3.63, 3.8) is 0 Å². The fraction of sp³-hybridized carbons (Fsp3) is 0.714. The molecule has 32 heavy (non-hydrogen) atoms. The number of carboxylic acids is 2. The zero-order valence-corrected chi connectivity index (χ0v) is 21.7. The van der Waals surface area contributed by atoms with E-state index in [1.54, 1.807) is 0 Å². The van der Waals surface area contributed by atoms with Crippen LogP contribution in [-0.2, 0) is 0 Å². The van der Waals surface area contributed by atoms with E-state index >= 15 is 0 Å². The zero-order chi connectivity index (χ0) is 24.8. The average Bonchev–Trinajstić information content (AvgIpc) is 2.75. The van der Waals surface area contributed by atoms with Gasteiger partial charge in [0, 0.05) is 0 Å². The van der Waals surface area contributed by atoms with Crippen LogP contribution in [0.3, 0.4) is 0 Å². The second-order valence-corrected chi connectivity index (χ2v) is 8.94. The van der Waals surface area contributed by atoms with E-state index in [4.69, 9.17) is 10.2 Å². The van der Waals surface area contributed by atoms with Crippen molar-refractivity contribution in [2.45, 2.75) is 119 Å². The van der Waals surface area contributed by atoms with E-state index < -0.39 is 11.9 Å². The van der Waals surface area contributed by atoms with Gasteiger partial charge in [0.05, 0.1) is 11.1 Å². The Morgan fingerprint density at radius 2 is 0.969 bits per heavy atom. The normalized spacial score (nSPS) is 11.9. The highest BCUT2D eigenvalue weighted by atomic mass is 16.4. The van der Waals surface area contributed by atoms with Crippen LogP contribution >= 0.6 is 0 Å². The lowest BCUT2D eigenvalue weighted by atomic mass is 9.99. The summed E-state index contributed by atoms with van der Waals surface area (Å²) in [6.45, 7) is 13.8. The summed E-state index contributed by atoms with van der Waals surface area (Å²) >= 11 is 0. The van der Waals surface area contributed by atoms with Crippen LogP contribution in [0.2, 0.25) is 0 Å². The molecule has 0 amide bonds. The minimum absolute atomic E-state index is 0.190. The van der Waals surface area contributed by atoms with E-state index in [9.17, 15) is 9.59 Å². The molecule has 4 nitrogen and oxygen atoms in total. The molecule has 1 aromatic carbocycles. The molecule has 1 aromatic rings. The summed E-state index contributed by atoms with van der Waals surface area (Å²) in [5.74, 6) is -0.519. The minimum atomic E-state index is -1.23. The van der Waals surface area contributed by atoms with Gasteiger partial charge in [0.1, 0.15) is 0 Å². The van der Waals surface area contributed by atoms with Crippen molar-refractivity contribution in [1.29, 1.82) is 0 Å². The van der Waals surface area contributed by atoms with E-state index in [2.05, 4.69) is 41.5 Å². The first-order chi connectivity index (χ1) is 15.2. The van der Waals surface area contributed by atoms with Gasteiger partial charge >= 0.3 is 11.9 Å². The van der Waals surface area contributed by atoms with Gasteiger partial charge in [-0.1, -0.05) is 131 Å². The second kappa shape index (κ2) is 22.4. The summed E-state index contributed by atoms with van der Waals surface area (Å²) in [7, 11) is 0. The molecule has 2 N–H and O–H groups in total. The summed E-state index contributed by atoms with van der Waals surface area (Å²) in [6.07, 6.45) is 16.9. The van der Waals surface area contributed by atoms with Gasteiger partial charge in [-0.15, -0.1) is 0 Å². The molecule has 0 aromatic heterocycles. The van der Waals surface area contributed by atoms with Crippen LogP contribution in [0.1, 0.15) is 139 Å². The highest BCUT2D eigenvalue weighted by Gasteiger charge is 2.13. The molecule has 0 radical (unpaired) electrons. The van der Waals surface area contributed by atoms with Crippen LogP contribution in [0.5, 0.6) is 0 Å². The highest BCUT2D eigenvalue weighted by molar-refractivity contribution is 6.01. The van der Waals surface area contributed by atoms with Crippen molar-refractivity contribution >= 4 is 11.9 Å². The first-order valence-corrected chi connectivity index (χ1v) is 12.8. The molecule has 0 fully saturated rings. The van der Waals surface area contributed by atoms with Gasteiger partial charge in [-0.3, -0.25) is 0 Å². The largest absolute Gasteiger partial charge is 0.478 e. The number of carboxylic acid groups (broad SMARTS) is 2. The molecule has 4 heteroatoms. The molecule has 0 heterocycles. The van der Waals surface area contributed by atoms with Crippen LogP contribution in [0.15, 0.2) is 24.3 Å². The maximum atomic E-state index is 10.5. The van der Waals surface area contributed by atoms with Crippen LogP contribution in [0.25, 0.3) is 0 Å². The number of aromatic carboxylic acids is 2. The Morgan fingerprint density at radius 3 is 1.22 bits per heavy atom. The van der Waals surface area contributed by atoms with E-state index in [-0.39, 0.29) is 11.1 Å². The zero-order valence-electron chi connectivity index (χ0n) is 21.7. The topological polar surface area (TPSA) is 74.6 Å². The fourth-order valence-electron chi connectivity index (χ4n) is 3.62. The van der Waals surface area contributed by atoms with Crippen molar-refractivity contribution in [3.8, 4) is 0 Å². The number of carbonyl (C=O) groups is 2. The minimum Gasteiger partial charge on any atom is -0.478 e. The van der Waals surface area contributed by atoms with Gasteiger partial charge in [0.15, 0.2) is 0 Å². The number of unbranched alkanes of at least 4 members (excludes halogenated alkanes) is 4. The number of hydrogen-bond donors (Lipinski definition) is 2. The molecule has 186 valence electrons. The molecule has 2 unspecified atom stereocenters. The molecule has 2 atom stereocenters. The van der Waals surface area contributed by atoms with Gasteiger partial charge in [-0.05, 0) is 24.0 Å². The summed E-state index contributed by atoms with van der Waals surface area (Å²) in [4.78, 5) is 20.9. The molecular formula is C28H50O4. The van der Waals surface area contributed by atoms with Gasteiger partial charge in [0.25, 0.3) is 0 Å². The predicted octanol–water partition coefficient (Wildman–Crippen LogP) is 9.09. The molecule has 0 spiro atoms. The Hall–Kier alpha value is -1.84. The molecule has 0 saturated carbocycles. The quantitative estimate of drug-likeness (QED) is 0.277. The predicted molar refractivity (Wildman–Crippen MR) is 137 cm³/mol. The van der Waals surface area contributed by atoms with Gasteiger partial charge in [-0.2, -0.15) is 0 Å². The Kier molecular flexibility index (Phi) is 22.6. The first kappa shape index (κ1) is 32.3. The number of hydrogen-bond acceptors (Lipinski definition) is 2. The van der Waals surface area contributed by atoms with Crippen molar-refractivity contribution in [2.75, 3.05) is 0 Å². The summed E-state index contributed by atoms with van der Waals surface area (Å²) in [6, 6.07) is 5.48. The van der Waals surface area contributed by atoms with Crippen LogP contribution < -0.4 is 0 Å². The monoisotopic (exact) mass is 450 g/mol. The van der Waals surface area contributed by atoms with Gasteiger partial charge in [0.2, 0.25) is 0 Å². The summed E-state index contributed by atoms with van der Waals surface area (Å²) in [5.41, 5.74) is -0.380. The maximum Gasteiger partial charge on any atom is 0.336 e. The fourth-order valence-corrected chi connectivity index (χ4v) is 3.62. The van der Waals surface area contributed by atoms with Crippen molar-refractivity contribution in [2.24, 2.45) is 11.8 Å². The number of benzene rings is 1. The van der Waals surface area contributed by atoms with Crippen molar-refractivity contribution in [3.05, 3.63) is 35.4 Å². The Bertz CT molecular complexity index is 532. The van der Waals surface area contributed by atoms with Gasteiger partial charge in [-0.25, -0.2) is 9.59 Å². The highest BCUT2D eigenvalue weighted by Crippen LogP contribution is 2.14. The van der Waals surface area contributed by atoms with Crippen LogP contribution in [0, 0.1) is 11.8 Å². The molecular weight excluding hydrogens is 400 g/mol. The first-order valence-electron chi connectivity index (χ1n) is 12.8. The molecule has 1 rings (SSSR count). The smallest absolute Gasteiger partial charge is 0.336 e. The standard InChI is InChI=1S/2C10H22.C8H6O4/c2*1-4-6-7-9-10(3)8-5-2;9-7(10)5-3-1-2-4-6(5)8(11)12/h2*10H,4-9H2,1-3H3;1-4H,(H,9,10)(H,11,12). The Balaban J connectivity index is 0. The SMILES string of the molecule is CCCCCC(C)CCC.CCCCCC(C)CCC.O=C(O)c1ccccc1C(=O)O. The van der Waals surface area contributed by atoms with E-state index in [1.807, 2.05) is 0 Å². The second-order valence-electron chi connectivity index (χ2n) is 8.94. The molecule has 0 saturated heterocycles. The third kappa shape index (κ3) is 18.9. The van der Waals surface area contributed by atoms with Crippen LogP contribution in [-0.4, -0.2) is 22.2 Å².